The van der Waals surface area contributed by atoms with Crippen LogP contribution in [0.25, 0.3) is 0 Å². The molecule has 1 aromatic carbocycles. The van der Waals surface area contributed by atoms with Crippen LogP contribution in [0.1, 0.15) is 29.3 Å². The normalized spacial score (nSPS) is 24.6. The lowest BCUT2D eigenvalue weighted by Gasteiger charge is -2.28. The molecule has 2 aliphatic rings. The van der Waals surface area contributed by atoms with Crippen LogP contribution < -0.4 is 5.32 Å². The average Bonchev–Trinajstić information content (AvgIpc) is 3.17. The Morgan fingerprint density at radius 2 is 1.88 bits per heavy atom. The molecule has 1 aromatic rings. The van der Waals surface area contributed by atoms with Gasteiger partial charge in [-0.05, 0) is 30.7 Å². The summed E-state index contributed by atoms with van der Waals surface area (Å²) < 4.78 is 0. The summed E-state index contributed by atoms with van der Waals surface area (Å²) in [5.74, 6) is -0.309. The summed E-state index contributed by atoms with van der Waals surface area (Å²) in [5, 5.41) is 11.5. The summed E-state index contributed by atoms with van der Waals surface area (Å²) in [6, 6.07) is 7.98. The molecule has 7 heteroatoms. The maximum atomic E-state index is 12.7. The maximum absolute atomic E-state index is 12.7. The molecule has 3 rings (SSSR count). The molecule has 0 radical (unpaired) electrons. The SMILES string of the molecule is CNC(=O)[C@@H]1C[C@H]2CN(C(=O)c3ccc(C#N)cc3)C[C@H]2N1C(C)=O. The van der Waals surface area contributed by atoms with E-state index in [1.807, 2.05) is 6.07 Å². The lowest BCUT2D eigenvalue weighted by Crippen LogP contribution is -2.49. The molecule has 0 unspecified atom stereocenters. The van der Waals surface area contributed by atoms with Crippen molar-refractivity contribution in [2.24, 2.45) is 5.92 Å². The number of fused-ring (bicyclic) bond motifs is 1. The number of carbonyl (C=O) groups excluding carboxylic acids is 3. The number of amides is 3. The fourth-order valence-electron chi connectivity index (χ4n) is 3.92. The van der Waals surface area contributed by atoms with Gasteiger partial charge in [-0.15, -0.1) is 0 Å². The summed E-state index contributed by atoms with van der Waals surface area (Å²) in [6.07, 6.45) is 0.571. The van der Waals surface area contributed by atoms with Crippen molar-refractivity contribution in [2.75, 3.05) is 20.1 Å². The number of likely N-dealkylation sites (N-methyl/N-ethyl adjacent to an activating group) is 1. The first-order valence-electron chi connectivity index (χ1n) is 8.26. The van der Waals surface area contributed by atoms with Gasteiger partial charge in [-0.1, -0.05) is 0 Å². The molecule has 0 bridgehead atoms. The predicted molar refractivity (Wildman–Crippen MR) is 89.3 cm³/mol. The summed E-state index contributed by atoms with van der Waals surface area (Å²) in [4.78, 5) is 40.1. The minimum atomic E-state index is -0.454. The van der Waals surface area contributed by atoms with Gasteiger partial charge in [0.15, 0.2) is 0 Å². The van der Waals surface area contributed by atoms with Crippen LogP contribution in [-0.4, -0.2) is 59.7 Å². The van der Waals surface area contributed by atoms with Gasteiger partial charge in [0.25, 0.3) is 5.91 Å². The number of rotatable bonds is 2. The van der Waals surface area contributed by atoms with Crippen LogP contribution >= 0.6 is 0 Å². The number of hydrogen-bond donors (Lipinski definition) is 1. The molecular weight excluding hydrogens is 320 g/mol. The van der Waals surface area contributed by atoms with E-state index < -0.39 is 6.04 Å². The van der Waals surface area contributed by atoms with Gasteiger partial charge in [0.2, 0.25) is 11.8 Å². The highest BCUT2D eigenvalue weighted by molar-refractivity contribution is 5.95. The molecule has 0 aromatic heterocycles. The van der Waals surface area contributed by atoms with Crippen LogP contribution in [0.5, 0.6) is 0 Å². The second-order valence-electron chi connectivity index (χ2n) is 6.52. The third kappa shape index (κ3) is 2.95. The quantitative estimate of drug-likeness (QED) is 0.841. The van der Waals surface area contributed by atoms with Crippen LogP contribution in [0.2, 0.25) is 0 Å². The third-order valence-corrected chi connectivity index (χ3v) is 5.09. The highest BCUT2D eigenvalue weighted by atomic mass is 16.2. The van der Waals surface area contributed by atoms with Gasteiger partial charge in [0.05, 0.1) is 17.7 Å². The lowest BCUT2D eigenvalue weighted by molar-refractivity contribution is -0.138. The molecular formula is C18H20N4O3. The van der Waals surface area contributed by atoms with E-state index in [1.54, 1.807) is 41.1 Å². The first kappa shape index (κ1) is 17.0. The van der Waals surface area contributed by atoms with Gasteiger partial charge in [-0.2, -0.15) is 5.26 Å². The molecule has 2 saturated heterocycles. The molecule has 3 amide bonds. The number of benzene rings is 1. The molecule has 2 heterocycles. The highest BCUT2D eigenvalue weighted by Gasteiger charge is 2.50. The Kier molecular flexibility index (Phi) is 4.45. The Morgan fingerprint density at radius 3 is 2.44 bits per heavy atom. The Labute approximate surface area is 146 Å². The first-order chi connectivity index (χ1) is 12.0. The molecule has 0 spiro atoms. The zero-order valence-corrected chi connectivity index (χ0v) is 14.2. The standard InChI is InChI=1S/C18H20N4O3/c1-11(23)22-15(17(24)20-2)7-14-9-21(10-16(14)22)18(25)13-5-3-12(8-19)4-6-13/h3-6,14-16H,7,9-10H2,1-2H3,(H,20,24)/t14-,15-,16+/m0/s1. The number of carbonyl (C=O) groups is 3. The number of likely N-dealkylation sites (tertiary alicyclic amines) is 2. The van der Waals surface area contributed by atoms with Crippen molar-refractivity contribution in [3.8, 4) is 6.07 Å². The van der Waals surface area contributed by atoms with Crippen LogP contribution in [0, 0.1) is 17.2 Å². The molecule has 25 heavy (non-hydrogen) atoms. The van der Waals surface area contributed by atoms with Crippen LogP contribution in [0.15, 0.2) is 24.3 Å². The Bertz CT molecular complexity index is 753. The van der Waals surface area contributed by atoms with E-state index in [1.165, 1.54) is 6.92 Å². The van der Waals surface area contributed by atoms with E-state index in [0.717, 1.165) is 0 Å². The van der Waals surface area contributed by atoms with Crippen LogP contribution in [0.4, 0.5) is 0 Å². The van der Waals surface area contributed by atoms with Crippen molar-refractivity contribution in [3.05, 3.63) is 35.4 Å². The van der Waals surface area contributed by atoms with Crippen LogP contribution in [0.3, 0.4) is 0 Å². The molecule has 1 N–H and O–H groups in total. The number of hydrogen-bond acceptors (Lipinski definition) is 4. The van der Waals surface area contributed by atoms with Gasteiger partial charge in [0, 0.05) is 38.5 Å². The Morgan fingerprint density at radius 1 is 1.20 bits per heavy atom. The van der Waals surface area contributed by atoms with Crippen molar-refractivity contribution < 1.29 is 14.4 Å². The Hall–Kier alpha value is -2.88. The fraction of sp³-hybridized carbons (Fsp3) is 0.444. The lowest BCUT2D eigenvalue weighted by atomic mass is 10.0. The molecule has 0 aliphatic carbocycles. The third-order valence-electron chi connectivity index (χ3n) is 5.09. The van der Waals surface area contributed by atoms with Gasteiger partial charge >= 0.3 is 0 Å². The van der Waals surface area contributed by atoms with Gasteiger partial charge in [-0.3, -0.25) is 14.4 Å². The van der Waals surface area contributed by atoms with Crippen LogP contribution in [-0.2, 0) is 9.59 Å². The minimum absolute atomic E-state index is 0.105. The molecule has 7 nitrogen and oxygen atoms in total. The van der Waals surface area contributed by atoms with Gasteiger partial charge < -0.3 is 15.1 Å². The fourth-order valence-corrected chi connectivity index (χ4v) is 3.92. The van der Waals surface area contributed by atoms with Crippen molar-refractivity contribution in [2.45, 2.75) is 25.4 Å². The van der Waals surface area contributed by atoms with Crippen molar-refractivity contribution >= 4 is 17.7 Å². The van der Waals surface area contributed by atoms with Crippen molar-refractivity contribution in [1.82, 2.24) is 15.1 Å². The monoisotopic (exact) mass is 340 g/mol. The van der Waals surface area contributed by atoms with Crippen molar-refractivity contribution in [3.63, 3.8) is 0 Å². The summed E-state index contributed by atoms with van der Waals surface area (Å²) in [6.45, 7) is 2.42. The van der Waals surface area contributed by atoms with E-state index in [0.29, 0.717) is 30.6 Å². The summed E-state index contributed by atoms with van der Waals surface area (Å²) in [7, 11) is 1.56. The molecule has 130 valence electrons. The second kappa shape index (κ2) is 6.55. The summed E-state index contributed by atoms with van der Waals surface area (Å²) in [5.41, 5.74) is 1.03. The van der Waals surface area contributed by atoms with Gasteiger partial charge in [-0.25, -0.2) is 0 Å². The zero-order chi connectivity index (χ0) is 18.1. The maximum Gasteiger partial charge on any atom is 0.253 e. The van der Waals surface area contributed by atoms with E-state index in [2.05, 4.69) is 5.32 Å². The number of nitrogens with one attached hydrogen (secondary N) is 1. The van der Waals surface area contributed by atoms with Crippen molar-refractivity contribution in [1.29, 1.82) is 5.26 Å². The molecule has 2 aliphatic heterocycles. The molecule has 2 fully saturated rings. The molecule has 0 saturated carbocycles. The molecule has 3 atom stereocenters. The van der Waals surface area contributed by atoms with E-state index >= 15 is 0 Å². The highest BCUT2D eigenvalue weighted by Crippen LogP contribution is 2.36. The minimum Gasteiger partial charge on any atom is -0.357 e. The van der Waals surface area contributed by atoms with Gasteiger partial charge in [0.1, 0.15) is 6.04 Å². The topological polar surface area (TPSA) is 93.5 Å². The number of nitriles is 1. The second-order valence-corrected chi connectivity index (χ2v) is 6.52. The smallest absolute Gasteiger partial charge is 0.253 e. The largest absolute Gasteiger partial charge is 0.357 e. The average molecular weight is 340 g/mol. The first-order valence-corrected chi connectivity index (χ1v) is 8.26. The van der Waals surface area contributed by atoms with E-state index in [-0.39, 0.29) is 29.7 Å². The predicted octanol–water partition coefficient (Wildman–Crippen LogP) is 0.366. The van der Waals surface area contributed by atoms with E-state index in [9.17, 15) is 14.4 Å². The zero-order valence-electron chi connectivity index (χ0n) is 14.2. The summed E-state index contributed by atoms with van der Waals surface area (Å²) >= 11 is 0. The number of nitrogens with zero attached hydrogens (tertiary/aromatic N) is 3. The van der Waals surface area contributed by atoms with E-state index in [4.69, 9.17) is 5.26 Å². The Balaban J connectivity index is 1.75.